The quantitative estimate of drug-likeness (QED) is 0.728. The Balaban J connectivity index is 2.33. The number of nitrogens with zero attached hydrogens (tertiary/aromatic N) is 1. The van der Waals surface area contributed by atoms with Gasteiger partial charge in [-0.3, -0.25) is 0 Å². The molecule has 0 aliphatic carbocycles. The third kappa shape index (κ3) is 1.61. The molecule has 86 valence electrons. The highest BCUT2D eigenvalue weighted by Gasteiger charge is 2.08. The molecule has 0 aliphatic rings. The molecule has 3 aromatic rings. The van der Waals surface area contributed by atoms with Crippen molar-refractivity contribution in [1.29, 1.82) is 0 Å². The van der Waals surface area contributed by atoms with Crippen molar-refractivity contribution >= 4 is 21.8 Å². The van der Waals surface area contributed by atoms with Gasteiger partial charge in [0.1, 0.15) is 0 Å². The van der Waals surface area contributed by atoms with Gasteiger partial charge in [0.2, 0.25) is 0 Å². The van der Waals surface area contributed by atoms with Gasteiger partial charge in [0.15, 0.2) is 0 Å². The van der Waals surface area contributed by atoms with Crippen molar-refractivity contribution in [2.24, 2.45) is 5.73 Å². The summed E-state index contributed by atoms with van der Waals surface area (Å²) in [5, 5.41) is 2.67. The largest absolute Gasteiger partial charge is 0.340 e. The minimum atomic E-state index is 0.737. The Morgan fingerprint density at radius 3 is 1.88 bits per heavy atom. The predicted octanol–water partition coefficient (Wildman–Crippen LogP) is 3.14. The zero-order valence-electron chi connectivity index (χ0n) is 9.76. The van der Waals surface area contributed by atoms with Gasteiger partial charge < -0.3 is 10.3 Å². The average molecular weight is 224 g/mol. The van der Waals surface area contributed by atoms with Gasteiger partial charge >= 0.3 is 0 Å². The summed E-state index contributed by atoms with van der Waals surface area (Å²) in [5.41, 5.74) is 8.24. The average Bonchev–Trinajstić information content (AvgIpc) is 2.71. The lowest BCUT2D eigenvalue weighted by molar-refractivity contribution is 0.687. The number of benzene rings is 2. The highest BCUT2D eigenvalue weighted by Crippen LogP contribution is 2.28. The molecule has 2 nitrogen and oxygen atoms in total. The molecule has 0 fully saturated rings. The Bertz CT molecular complexity index is 599. The molecule has 0 radical (unpaired) electrons. The minimum Gasteiger partial charge on any atom is -0.340 e. The first-order valence-electron chi connectivity index (χ1n) is 6.08. The SMILES string of the molecule is NCCCn1c2ccccc2c2ccccc21. The second-order valence-electron chi connectivity index (χ2n) is 4.33. The summed E-state index contributed by atoms with van der Waals surface area (Å²) in [6.45, 7) is 1.73. The number of para-hydroxylation sites is 2. The van der Waals surface area contributed by atoms with Crippen molar-refractivity contribution < 1.29 is 0 Å². The van der Waals surface area contributed by atoms with Crippen molar-refractivity contribution in [2.45, 2.75) is 13.0 Å². The predicted molar refractivity (Wildman–Crippen MR) is 73.1 cm³/mol. The highest BCUT2D eigenvalue weighted by molar-refractivity contribution is 6.07. The van der Waals surface area contributed by atoms with Crippen molar-refractivity contribution in [3.8, 4) is 0 Å². The first kappa shape index (κ1) is 10.4. The summed E-state index contributed by atoms with van der Waals surface area (Å²) in [6.07, 6.45) is 1.02. The standard InChI is InChI=1S/C15H16N2/c16-10-5-11-17-14-8-3-1-6-12(14)13-7-2-4-9-15(13)17/h1-4,6-9H,5,10-11,16H2. The van der Waals surface area contributed by atoms with Gasteiger partial charge in [-0.05, 0) is 25.1 Å². The molecule has 2 aromatic carbocycles. The third-order valence-electron chi connectivity index (χ3n) is 3.27. The van der Waals surface area contributed by atoms with Crippen LogP contribution < -0.4 is 5.73 Å². The molecule has 0 saturated carbocycles. The normalized spacial score (nSPS) is 11.4. The fraction of sp³-hybridized carbons (Fsp3) is 0.200. The van der Waals surface area contributed by atoms with Crippen LogP contribution in [0.5, 0.6) is 0 Å². The molecular weight excluding hydrogens is 208 g/mol. The van der Waals surface area contributed by atoms with E-state index in [1.807, 2.05) is 0 Å². The van der Waals surface area contributed by atoms with Crippen molar-refractivity contribution in [1.82, 2.24) is 4.57 Å². The van der Waals surface area contributed by atoms with E-state index in [0.29, 0.717) is 0 Å². The number of aromatic nitrogens is 1. The maximum Gasteiger partial charge on any atom is 0.0491 e. The van der Waals surface area contributed by atoms with E-state index in [4.69, 9.17) is 5.73 Å². The Labute approximate surface area is 101 Å². The first-order chi connectivity index (χ1) is 8.42. The Morgan fingerprint density at radius 2 is 1.35 bits per heavy atom. The molecule has 2 N–H and O–H groups in total. The van der Waals surface area contributed by atoms with E-state index in [2.05, 4.69) is 53.1 Å². The third-order valence-corrected chi connectivity index (χ3v) is 3.27. The summed E-state index contributed by atoms with van der Waals surface area (Å²) in [5.74, 6) is 0. The van der Waals surface area contributed by atoms with Crippen LogP contribution in [0.1, 0.15) is 6.42 Å². The van der Waals surface area contributed by atoms with Crippen LogP contribution in [0.4, 0.5) is 0 Å². The van der Waals surface area contributed by atoms with Gasteiger partial charge in [0.05, 0.1) is 0 Å². The number of hydrogen-bond donors (Lipinski definition) is 1. The Hall–Kier alpha value is -1.80. The number of hydrogen-bond acceptors (Lipinski definition) is 1. The summed E-state index contributed by atoms with van der Waals surface area (Å²) >= 11 is 0. The summed E-state index contributed by atoms with van der Waals surface area (Å²) in [6, 6.07) is 17.1. The molecule has 0 unspecified atom stereocenters. The number of aryl methyl sites for hydroxylation is 1. The van der Waals surface area contributed by atoms with Gasteiger partial charge in [-0.15, -0.1) is 0 Å². The fourth-order valence-corrected chi connectivity index (χ4v) is 2.49. The van der Waals surface area contributed by atoms with Crippen LogP contribution in [0.2, 0.25) is 0 Å². The van der Waals surface area contributed by atoms with E-state index in [0.717, 1.165) is 19.5 Å². The lowest BCUT2D eigenvalue weighted by Crippen LogP contribution is -2.05. The number of fused-ring (bicyclic) bond motifs is 3. The van der Waals surface area contributed by atoms with E-state index >= 15 is 0 Å². The molecule has 17 heavy (non-hydrogen) atoms. The molecule has 0 atom stereocenters. The molecule has 3 rings (SSSR count). The smallest absolute Gasteiger partial charge is 0.0491 e. The van der Waals surface area contributed by atoms with E-state index in [1.54, 1.807) is 0 Å². The maximum absolute atomic E-state index is 5.62. The summed E-state index contributed by atoms with van der Waals surface area (Å²) < 4.78 is 2.37. The molecule has 0 aliphatic heterocycles. The van der Waals surface area contributed by atoms with Gasteiger partial charge in [-0.2, -0.15) is 0 Å². The van der Waals surface area contributed by atoms with Crippen LogP contribution >= 0.6 is 0 Å². The van der Waals surface area contributed by atoms with Gasteiger partial charge in [-0.25, -0.2) is 0 Å². The van der Waals surface area contributed by atoms with Crippen LogP contribution in [0.25, 0.3) is 21.8 Å². The lowest BCUT2D eigenvalue weighted by atomic mass is 10.2. The van der Waals surface area contributed by atoms with Crippen LogP contribution in [0.3, 0.4) is 0 Å². The Kier molecular flexibility index (Phi) is 2.57. The van der Waals surface area contributed by atoms with E-state index in [-0.39, 0.29) is 0 Å². The first-order valence-corrected chi connectivity index (χ1v) is 6.08. The number of nitrogens with two attached hydrogens (primary N) is 1. The van der Waals surface area contributed by atoms with Gasteiger partial charge in [0, 0.05) is 28.4 Å². The lowest BCUT2D eigenvalue weighted by Gasteiger charge is -2.05. The topological polar surface area (TPSA) is 30.9 Å². The maximum atomic E-state index is 5.62. The highest BCUT2D eigenvalue weighted by atomic mass is 15.0. The van der Waals surface area contributed by atoms with Crippen LogP contribution in [0.15, 0.2) is 48.5 Å². The molecule has 0 spiro atoms. The van der Waals surface area contributed by atoms with Crippen molar-refractivity contribution in [2.75, 3.05) is 6.54 Å². The molecule has 1 heterocycles. The molecule has 1 aromatic heterocycles. The number of rotatable bonds is 3. The summed E-state index contributed by atoms with van der Waals surface area (Å²) in [7, 11) is 0. The zero-order valence-corrected chi connectivity index (χ0v) is 9.76. The zero-order chi connectivity index (χ0) is 11.7. The molecular formula is C15H16N2. The van der Waals surface area contributed by atoms with Gasteiger partial charge in [0.25, 0.3) is 0 Å². The molecule has 0 saturated heterocycles. The minimum absolute atomic E-state index is 0.737. The summed E-state index contributed by atoms with van der Waals surface area (Å²) in [4.78, 5) is 0. The second kappa shape index (κ2) is 4.22. The van der Waals surface area contributed by atoms with E-state index in [1.165, 1.54) is 21.8 Å². The van der Waals surface area contributed by atoms with Gasteiger partial charge in [-0.1, -0.05) is 36.4 Å². The molecule has 2 heteroatoms. The van der Waals surface area contributed by atoms with Crippen LogP contribution in [-0.2, 0) is 6.54 Å². The fourth-order valence-electron chi connectivity index (χ4n) is 2.49. The van der Waals surface area contributed by atoms with Crippen molar-refractivity contribution in [3.63, 3.8) is 0 Å². The van der Waals surface area contributed by atoms with Crippen molar-refractivity contribution in [3.05, 3.63) is 48.5 Å². The van der Waals surface area contributed by atoms with Crippen LogP contribution in [0, 0.1) is 0 Å². The second-order valence-corrected chi connectivity index (χ2v) is 4.33. The van der Waals surface area contributed by atoms with Crippen LogP contribution in [-0.4, -0.2) is 11.1 Å². The van der Waals surface area contributed by atoms with E-state index < -0.39 is 0 Å². The van der Waals surface area contributed by atoms with E-state index in [9.17, 15) is 0 Å². The molecule has 0 bridgehead atoms. The molecule has 0 amide bonds. The Morgan fingerprint density at radius 1 is 0.824 bits per heavy atom. The monoisotopic (exact) mass is 224 g/mol.